The summed E-state index contributed by atoms with van der Waals surface area (Å²) in [6.45, 7) is 4.69. The zero-order valence-corrected chi connectivity index (χ0v) is 20.0. The zero-order valence-electron chi connectivity index (χ0n) is 19.2. The van der Waals surface area contributed by atoms with Crippen LogP contribution in [0, 0.1) is 6.92 Å². The number of nitrogens with zero attached hydrogens (tertiary/aromatic N) is 1. The molecule has 7 nitrogen and oxygen atoms in total. The number of carbonyl (C=O) groups excluding carboxylic acids is 1. The van der Waals surface area contributed by atoms with E-state index in [2.05, 4.69) is 5.32 Å². The van der Waals surface area contributed by atoms with Crippen LogP contribution >= 0.6 is 0 Å². The molecule has 1 atom stereocenters. The summed E-state index contributed by atoms with van der Waals surface area (Å²) in [4.78, 5) is 13.3. The molecule has 2 aromatic carbocycles. The first kappa shape index (κ1) is 24.1. The van der Waals surface area contributed by atoms with Crippen molar-refractivity contribution in [1.82, 2.24) is 9.62 Å². The van der Waals surface area contributed by atoms with Crippen molar-refractivity contribution in [1.29, 1.82) is 0 Å². The third-order valence-corrected chi connectivity index (χ3v) is 7.80. The molecule has 1 aliphatic rings. The van der Waals surface area contributed by atoms with Crippen LogP contribution in [0.2, 0.25) is 0 Å². The molecule has 0 aliphatic carbocycles. The summed E-state index contributed by atoms with van der Waals surface area (Å²) < 4.78 is 38.6. The van der Waals surface area contributed by atoms with Crippen LogP contribution < -0.4 is 14.8 Å². The molecule has 1 N–H and O–H groups in total. The molecule has 8 heteroatoms. The van der Waals surface area contributed by atoms with Crippen molar-refractivity contribution < 1.29 is 22.7 Å². The molecular weight excluding hydrogens is 428 g/mol. The van der Waals surface area contributed by atoms with Crippen molar-refractivity contribution in [2.45, 2.75) is 50.5 Å². The third-order valence-electron chi connectivity index (χ3n) is 5.91. The number of amides is 1. The maximum absolute atomic E-state index is 13.2. The van der Waals surface area contributed by atoms with Crippen molar-refractivity contribution in [2.24, 2.45) is 0 Å². The fourth-order valence-corrected chi connectivity index (χ4v) is 5.51. The fraction of sp³-hybridized carbons (Fsp3) is 0.458. The Bertz CT molecular complexity index is 1060. The first-order valence-corrected chi connectivity index (χ1v) is 12.4. The topological polar surface area (TPSA) is 84.9 Å². The zero-order chi connectivity index (χ0) is 23.3. The highest BCUT2D eigenvalue weighted by molar-refractivity contribution is 7.89. The van der Waals surface area contributed by atoms with Crippen LogP contribution in [0.1, 0.15) is 60.1 Å². The second-order valence-corrected chi connectivity index (χ2v) is 10.0. The number of hydrogen-bond acceptors (Lipinski definition) is 5. The van der Waals surface area contributed by atoms with Gasteiger partial charge >= 0.3 is 0 Å². The molecule has 0 radical (unpaired) electrons. The summed E-state index contributed by atoms with van der Waals surface area (Å²) in [5.41, 5.74) is 1.82. The number of benzene rings is 2. The minimum Gasteiger partial charge on any atom is -0.497 e. The normalized spacial score (nSPS) is 16.1. The van der Waals surface area contributed by atoms with E-state index in [1.165, 1.54) is 10.4 Å². The first-order valence-electron chi connectivity index (χ1n) is 10.9. The van der Waals surface area contributed by atoms with Crippen LogP contribution in [0.15, 0.2) is 41.3 Å². The predicted molar refractivity (Wildman–Crippen MR) is 124 cm³/mol. The summed E-state index contributed by atoms with van der Waals surface area (Å²) >= 11 is 0. The van der Waals surface area contributed by atoms with Gasteiger partial charge in [-0.2, -0.15) is 4.31 Å². The minimum absolute atomic E-state index is 0.154. The van der Waals surface area contributed by atoms with E-state index in [0.29, 0.717) is 35.7 Å². The number of ether oxygens (including phenoxy) is 2. The average molecular weight is 461 g/mol. The molecule has 1 amide bonds. The maximum Gasteiger partial charge on any atom is 0.252 e. The Balaban J connectivity index is 1.86. The molecule has 2 aromatic rings. The van der Waals surface area contributed by atoms with E-state index < -0.39 is 10.0 Å². The molecule has 174 valence electrons. The highest BCUT2D eigenvalue weighted by Crippen LogP contribution is 2.30. The number of methoxy groups -OCH3 is 2. The van der Waals surface area contributed by atoms with Gasteiger partial charge in [-0.1, -0.05) is 18.9 Å². The van der Waals surface area contributed by atoms with Gasteiger partial charge in [0, 0.05) is 24.2 Å². The largest absolute Gasteiger partial charge is 0.497 e. The van der Waals surface area contributed by atoms with Crippen LogP contribution in [-0.4, -0.2) is 45.9 Å². The molecule has 1 saturated heterocycles. The molecule has 1 heterocycles. The maximum atomic E-state index is 13.2. The number of aryl methyl sites for hydroxylation is 1. The van der Waals surface area contributed by atoms with Gasteiger partial charge in [0.25, 0.3) is 5.91 Å². The van der Waals surface area contributed by atoms with E-state index in [1.807, 2.05) is 13.0 Å². The monoisotopic (exact) mass is 460 g/mol. The van der Waals surface area contributed by atoms with Gasteiger partial charge in [-0.25, -0.2) is 8.42 Å². The number of nitrogens with one attached hydrogen (secondary N) is 1. The average Bonchev–Trinajstić information content (AvgIpc) is 3.09. The predicted octanol–water partition coefficient (Wildman–Crippen LogP) is 4.07. The molecule has 0 bridgehead atoms. The summed E-state index contributed by atoms with van der Waals surface area (Å²) in [6, 6.07) is 9.78. The van der Waals surface area contributed by atoms with E-state index >= 15 is 0 Å². The van der Waals surface area contributed by atoms with Gasteiger partial charge in [-0.05, 0) is 62.6 Å². The van der Waals surface area contributed by atoms with E-state index in [-0.39, 0.29) is 16.8 Å². The summed E-state index contributed by atoms with van der Waals surface area (Å²) in [6.07, 6.45) is 3.80. The lowest BCUT2D eigenvalue weighted by molar-refractivity contribution is 0.0938. The first-order chi connectivity index (χ1) is 15.3. The van der Waals surface area contributed by atoms with Crippen LogP contribution in [0.25, 0.3) is 0 Å². The van der Waals surface area contributed by atoms with Crippen LogP contribution in [-0.2, 0) is 10.0 Å². The summed E-state index contributed by atoms with van der Waals surface area (Å²) in [5.74, 6) is 0.948. The van der Waals surface area contributed by atoms with Crippen molar-refractivity contribution in [3.8, 4) is 11.5 Å². The van der Waals surface area contributed by atoms with E-state index in [1.54, 1.807) is 45.4 Å². The Labute approximate surface area is 190 Å². The SMILES string of the molecule is COc1ccc(OC)c([C@H](C)NC(=O)c2cc(S(=O)(=O)N3CCCCCC3)ccc2C)c1. The van der Waals surface area contributed by atoms with E-state index in [9.17, 15) is 13.2 Å². The van der Waals surface area contributed by atoms with Crippen LogP contribution in [0.5, 0.6) is 11.5 Å². The van der Waals surface area contributed by atoms with Gasteiger partial charge in [-0.3, -0.25) is 4.79 Å². The molecular formula is C24H32N2O5S. The number of sulfonamides is 1. The quantitative estimate of drug-likeness (QED) is 0.673. The van der Waals surface area contributed by atoms with Crippen molar-refractivity contribution in [2.75, 3.05) is 27.3 Å². The van der Waals surface area contributed by atoms with Crippen LogP contribution in [0.3, 0.4) is 0 Å². The highest BCUT2D eigenvalue weighted by atomic mass is 32.2. The van der Waals surface area contributed by atoms with Gasteiger partial charge in [0.15, 0.2) is 0 Å². The minimum atomic E-state index is -3.64. The molecule has 3 rings (SSSR count). The molecule has 0 unspecified atom stereocenters. The Hall–Kier alpha value is -2.58. The van der Waals surface area contributed by atoms with Crippen molar-refractivity contribution >= 4 is 15.9 Å². The highest BCUT2D eigenvalue weighted by Gasteiger charge is 2.27. The molecule has 0 saturated carbocycles. The summed E-state index contributed by atoms with van der Waals surface area (Å²) in [5, 5.41) is 2.96. The molecule has 1 fully saturated rings. The summed E-state index contributed by atoms with van der Waals surface area (Å²) in [7, 11) is -0.493. The molecule has 1 aliphatic heterocycles. The van der Waals surface area contributed by atoms with Gasteiger partial charge in [0.05, 0.1) is 25.2 Å². The standard InChI is InChI=1S/C24H32N2O5S/c1-17-9-11-20(32(28,29)26-13-7-5-6-8-14-26)16-21(17)24(27)25-18(2)22-15-19(30-3)10-12-23(22)31-4/h9-12,15-16,18H,5-8,13-14H2,1-4H3,(H,25,27)/t18-/m0/s1. The van der Waals surface area contributed by atoms with Gasteiger partial charge in [0.1, 0.15) is 11.5 Å². The smallest absolute Gasteiger partial charge is 0.252 e. The van der Waals surface area contributed by atoms with Crippen molar-refractivity contribution in [3.05, 3.63) is 53.1 Å². The van der Waals surface area contributed by atoms with Crippen molar-refractivity contribution in [3.63, 3.8) is 0 Å². The lowest BCUT2D eigenvalue weighted by atomic mass is 10.0. The molecule has 0 spiro atoms. The Kier molecular flexibility index (Phi) is 7.79. The number of hydrogen-bond donors (Lipinski definition) is 1. The van der Waals surface area contributed by atoms with Gasteiger partial charge in [0.2, 0.25) is 10.0 Å². The fourth-order valence-electron chi connectivity index (χ4n) is 3.97. The van der Waals surface area contributed by atoms with E-state index in [0.717, 1.165) is 31.2 Å². The number of rotatable bonds is 7. The molecule has 0 aromatic heterocycles. The second-order valence-electron chi connectivity index (χ2n) is 8.10. The van der Waals surface area contributed by atoms with Crippen LogP contribution in [0.4, 0.5) is 0 Å². The lowest BCUT2D eigenvalue weighted by Crippen LogP contribution is -2.32. The number of carbonyl (C=O) groups is 1. The Morgan fingerprint density at radius 1 is 1.00 bits per heavy atom. The third kappa shape index (κ3) is 5.24. The second kappa shape index (κ2) is 10.4. The Morgan fingerprint density at radius 3 is 2.31 bits per heavy atom. The van der Waals surface area contributed by atoms with Gasteiger partial charge in [-0.15, -0.1) is 0 Å². The van der Waals surface area contributed by atoms with E-state index in [4.69, 9.17) is 9.47 Å². The Morgan fingerprint density at radius 2 is 1.69 bits per heavy atom. The van der Waals surface area contributed by atoms with Gasteiger partial charge < -0.3 is 14.8 Å². The molecule has 32 heavy (non-hydrogen) atoms. The lowest BCUT2D eigenvalue weighted by Gasteiger charge is -2.21.